The number of carbonyl (C=O) groups excluding carboxylic acids is 1. The van der Waals surface area contributed by atoms with E-state index in [1.165, 1.54) is 12.1 Å². The van der Waals surface area contributed by atoms with E-state index in [9.17, 15) is 9.18 Å². The lowest BCUT2D eigenvalue weighted by atomic mass is 10.1. The Labute approximate surface area is 189 Å². The quantitative estimate of drug-likeness (QED) is 0.557. The summed E-state index contributed by atoms with van der Waals surface area (Å²) in [5, 5.41) is 3.42. The Balaban J connectivity index is 1.36. The molecule has 2 heterocycles. The molecule has 2 saturated heterocycles. The molecule has 2 aromatic rings. The van der Waals surface area contributed by atoms with Crippen LogP contribution in [0.2, 0.25) is 0 Å². The molecule has 2 aliphatic heterocycles. The molecule has 2 aliphatic rings. The predicted molar refractivity (Wildman–Crippen MR) is 126 cm³/mol. The van der Waals surface area contributed by atoms with E-state index >= 15 is 0 Å². The molecule has 0 saturated carbocycles. The van der Waals surface area contributed by atoms with Crippen molar-refractivity contribution in [3.05, 3.63) is 65.5 Å². The van der Waals surface area contributed by atoms with Gasteiger partial charge in [0.05, 0.1) is 6.54 Å². The minimum absolute atomic E-state index is 0.204. The van der Waals surface area contributed by atoms with Gasteiger partial charge < -0.3 is 20.0 Å². The third-order valence-electron chi connectivity index (χ3n) is 6.05. The molecular formula is C25H32FN5O. The summed E-state index contributed by atoms with van der Waals surface area (Å²) in [6.45, 7) is 8.50. The number of hydrogen-bond donors (Lipinski definition) is 1. The highest BCUT2D eigenvalue weighted by atomic mass is 19.1. The maximum Gasteiger partial charge on any atom is 0.222 e. The average molecular weight is 438 g/mol. The summed E-state index contributed by atoms with van der Waals surface area (Å²) in [6.07, 6.45) is 1.63. The van der Waals surface area contributed by atoms with Crippen LogP contribution in [0.4, 0.5) is 10.1 Å². The predicted octanol–water partition coefficient (Wildman–Crippen LogP) is 3.24. The molecule has 1 N–H and O–H groups in total. The van der Waals surface area contributed by atoms with Gasteiger partial charge in [-0.1, -0.05) is 24.3 Å². The number of halogens is 1. The van der Waals surface area contributed by atoms with E-state index in [2.05, 4.69) is 46.3 Å². The lowest BCUT2D eigenvalue weighted by Crippen LogP contribution is -2.52. The summed E-state index contributed by atoms with van der Waals surface area (Å²) in [5.74, 6) is 0.971. The van der Waals surface area contributed by atoms with Gasteiger partial charge in [-0.25, -0.2) is 9.38 Å². The first-order chi connectivity index (χ1) is 15.6. The highest BCUT2D eigenvalue weighted by molar-refractivity contribution is 5.80. The molecule has 0 atom stereocenters. The van der Waals surface area contributed by atoms with Crippen molar-refractivity contribution >= 4 is 17.6 Å². The molecule has 7 heteroatoms. The zero-order valence-corrected chi connectivity index (χ0v) is 18.8. The van der Waals surface area contributed by atoms with Crippen LogP contribution < -0.4 is 10.2 Å². The fourth-order valence-electron chi connectivity index (χ4n) is 4.34. The minimum atomic E-state index is -0.204. The largest absolute Gasteiger partial charge is 0.368 e. The van der Waals surface area contributed by atoms with Gasteiger partial charge in [0.25, 0.3) is 0 Å². The lowest BCUT2D eigenvalue weighted by Gasteiger charge is -2.37. The summed E-state index contributed by atoms with van der Waals surface area (Å²) in [5.41, 5.74) is 3.36. The van der Waals surface area contributed by atoms with E-state index in [4.69, 9.17) is 4.99 Å². The topological polar surface area (TPSA) is 51.2 Å². The molecule has 0 bridgehead atoms. The van der Waals surface area contributed by atoms with E-state index in [0.29, 0.717) is 19.5 Å². The molecule has 0 aliphatic carbocycles. The van der Waals surface area contributed by atoms with Crippen LogP contribution in [0.5, 0.6) is 0 Å². The number of amides is 1. The van der Waals surface area contributed by atoms with Gasteiger partial charge in [-0.2, -0.15) is 0 Å². The summed E-state index contributed by atoms with van der Waals surface area (Å²) < 4.78 is 13.2. The molecule has 2 aromatic carbocycles. The molecule has 32 heavy (non-hydrogen) atoms. The van der Waals surface area contributed by atoms with Crippen molar-refractivity contribution in [2.45, 2.75) is 32.9 Å². The van der Waals surface area contributed by atoms with Crippen molar-refractivity contribution in [1.82, 2.24) is 15.1 Å². The molecule has 0 aromatic heterocycles. The molecule has 0 radical (unpaired) electrons. The Morgan fingerprint density at radius 3 is 2.47 bits per heavy atom. The van der Waals surface area contributed by atoms with E-state index in [1.54, 1.807) is 0 Å². The molecule has 0 unspecified atom stereocenters. The van der Waals surface area contributed by atoms with Crippen molar-refractivity contribution in [3.8, 4) is 0 Å². The zero-order valence-electron chi connectivity index (χ0n) is 18.8. The first-order valence-electron chi connectivity index (χ1n) is 11.5. The number of hydrogen-bond acceptors (Lipinski definition) is 3. The molecule has 1 amide bonds. The number of aliphatic imine (C=N–C) groups is 1. The maximum atomic E-state index is 13.2. The first kappa shape index (κ1) is 22.1. The van der Waals surface area contributed by atoms with Gasteiger partial charge in [0.1, 0.15) is 5.82 Å². The second kappa shape index (κ2) is 10.5. The van der Waals surface area contributed by atoms with Crippen molar-refractivity contribution in [2.75, 3.05) is 44.2 Å². The molecule has 2 fully saturated rings. The lowest BCUT2D eigenvalue weighted by molar-refractivity contribution is -0.128. The summed E-state index contributed by atoms with van der Waals surface area (Å²) in [7, 11) is 0. The number of anilines is 1. The van der Waals surface area contributed by atoms with Crippen LogP contribution in [0.25, 0.3) is 0 Å². The van der Waals surface area contributed by atoms with E-state index < -0.39 is 0 Å². The van der Waals surface area contributed by atoms with Crippen molar-refractivity contribution in [2.24, 2.45) is 4.99 Å². The first-order valence-corrected chi connectivity index (χ1v) is 11.5. The summed E-state index contributed by atoms with van der Waals surface area (Å²) in [6, 6.07) is 15.1. The van der Waals surface area contributed by atoms with E-state index in [-0.39, 0.29) is 11.7 Å². The number of likely N-dealkylation sites (tertiary alicyclic amines) is 1. The third kappa shape index (κ3) is 5.58. The highest BCUT2D eigenvalue weighted by Gasteiger charge is 2.21. The van der Waals surface area contributed by atoms with Gasteiger partial charge in [0, 0.05) is 57.9 Å². The Morgan fingerprint density at radius 2 is 1.78 bits per heavy atom. The van der Waals surface area contributed by atoms with Crippen LogP contribution in [0.3, 0.4) is 0 Å². The smallest absolute Gasteiger partial charge is 0.222 e. The number of carbonyl (C=O) groups is 1. The fraction of sp³-hybridized carbons (Fsp3) is 0.440. The number of guanidine groups is 1. The summed E-state index contributed by atoms with van der Waals surface area (Å²) >= 11 is 0. The average Bonchev–Trinajstić information content (AvgIpc) is 3.22. The van der Waals surface area contributed by atoms with Crippen molar-refractivity contribution in [1.29, 1.82) is 0 Å². The summed E-state index contributed by atoms with van der Waals surface area (Å²) in [4.78, 5) is 23.3. The van der Waals surface area contributed by atoms with Gasteiger partial charge in [0.2, 0.25) is 5.91 Å². The Hall–Kier alpha value is -3.09. The number of benzene rings is 2. The molecular weight excluding hydrogens is 405 g/mol. The minimum Gasteiger partial charge on any atom is -0.368 e. The maximum absolute atomic E-state index is 13.2. The van der Waals surface area contributed by atoms with Gasteiger partial charge in [-0.15, -0.1) is 0 Å². The number of rotatable bonds is 6. The monoisotopic (exact) mass is 437 g/mol. The standard InChI is InChI=1S/C25H32FN5O/c1-2-27-25(30-15-13-29(14-16-30)23-10-8-22(26)9-11-23)28-18-20-5-3-6-21(17-20)19-31-12-4-7-24(31)32/h3,5-6,8-11,17H,2,4,7,12-16,18-19H2,1H3,(H,27,28). The van der Waals surface area contributed by atoms with Crippen LogP contribution in [0.15, 0.2) is 53.5 Å². The molecule has 170 valence electrons. The normalized spacial score (nSPS) is 17.2. The third-order valence-corrected chi connectivity index (χ3v) is 6.05. The van der Waals surface area contributed by atoms with Crippen LogP contribution in [0, 0.1) is 5.82 Å². The number of nitrogens with zero attached hydrogens (tertiary/aromatic N) is 4. The Bertz CT molecular complexity index is 938. The van der Waals surface area contributed by atoms with E-state index in [0.717, 1.165) is 68.5 Å². The molecule has 6 nitrogen and oxygen atoms in total. The van der Waals surface area contributed by atoms with Gasteiger partial charge in [0.15, 0.2) is 5.96 Å². The van der Waals surface area contributed by atoms with Crippen LogP contribution in [-0.2, 0) is 17.9 Å². The second-order valence-electron chi connectivity index (χ2n) is 8.36. The molecule has 4 rings (SSSR count). The molecule has 0 spiro atoms. The van der Waals surface area contributed by atoms with E-state index in [1.807, 2.05) is 17.0 Å². The van der Waals surface area contributed by atoms with Crippen LogP contribution >= 0.6 is 0 Å². The fourth-order valence-corrected chi connectivity index (χ4v) is 4.34. The second-order valence-corrected chi connectivity index (χ2v) is 8.36. The van der Waals surface area contributed by atoms with Crippen LogP contribution in [0.1, 0.15) is 30.9 Å². The Kier molecular flexibility index (Phi) is 7.24. The van der Waals surface area contributed by atoms with Crippen LogP contribution in [-0.4, -0.2) is 60.9 Å². The zero-order chi connectivity index (χ0) is 22.3. The SMILES string of the molecule is CCNC(=NCc1cccc(CN2CCCC2=O)c1)N1CCN(c2ccc(F)cc2)CC1. The van der Waals surface area contributed by atoms with Gasteiger partial charge >= 0.3 is 0 Å². The Morgan fingerprint density at radius 1 is 1.03 bits per heavy atom. The van der Waals surface area contributed by atoms with Gasteiger partial charge in [-0.05, 0) is 48.7 Å². The van der Waals surface area contributed by atoms with Crippen molar-refractivity contribution < 1.29 is 9.18 Å². The van der Waals surface area contributed by atoms with Crippen molar-refractivity contribution in [3.63, 3.8) is 0 Å². The number of nitrogens with one attached hydrogen (secondary N) is 1. The van der Waals surface area contributed by atoms with Gasteiger partial charge in [-0.3, -0.25) is 4.79 Å². The highest BCUT2D eigenvalue weighted by Crippen LogP contribution is 2.18. The number of piperazine rings is 1.